The van der Waals surface area contributed by atoms with Gasteiger partial charge in [0.2, 0.25) is 0 Å². The van der Waals surface area contributed by atoms with Crippen LogP contribution in [0.15, 0.2) is 59.1 Å². The predicted molar refractivity (Wildman–Crippen MR) is 94.9 cm³/mol. The maximum Gasteiger partial charge on any atom is 0.309 e. The van der Waals surface area contributed by atoms with Crippen LogP contribution in [0.4, 0.5) is 0 Å². The molecule has 2 aromatic rings. The number of halogens is 1. The summed E-state index contributed by atoms with van der Waals surface area (Å²) in [6, 6.07) is 18.3. The summed E-state index contributed by atoms with van der Waals surface area (Å²) in [7, 11) is 0. The fourth-order valence-corrected chi connectivity index (χ4v) is 3.54. The fourth-order valence-electron chi connectivity index (χ4n) is 3.27. The molecule has 1 aliphatic rings. The molecule has 1 fully saturated rings. The van der Waals surface area contributed by atoms with Crippen molar-refractivity contribution in [3.63, 3.8) is 0 Å². The van der Waals surface area contributed by atoms with Crippen LogP contribution in [0.2, 0.25) is 0 Å². The van der Waals surface area contributed by atoms with E-state index in [2.05, 4.69) is 40.2 Å². The van der Waals surface area contributed by atoms with Gasteiger partial charge >= 0.3 is 5.97 Å². The topological polar surface area (TPSA) is 26.3 Å². The smallest absolute Gasteiger partial charge is 0.309 e. The molecule has 1 aliphatic carbocycles. The number of carbonyl (C=O) groups is 1. The summed E-state index contributed by atoms with van der Waals surface area (Å²) in [6.07, 6.45) is 4.06. The average Bonchev–Trinajstić information content (AvgIpc) is 3.04. The number of benzene rings is 2. The third kappa shape index (κ3) is 4.68. The van der Waals surface area contributed by atoms with Crippen LogP contribution in [-0.4, -0.2) is 5.97 Å². The molecule has 23 heavy (non-hydrogen) atoms. The summed E-state index contributed by atoms with van der Waals surface area (Å²) in [6.45, 7) is 0.382. The number of esters is 1. The molecule has 0 aliphatic heterocycles. The van der Waals surface area contributed by atoms with Crippen LogP contribution < -0.4 is 0 Å². The molecule has 0 saturated heterocycles. The molecule has 2 atom stereocenters. The van der Waals surface area contributed by atoms with E-state index in [0.29, 0.717) is 12.5 Å². The molecule has 3 rings (SSSR count). The Morgan fingerprint density at radius 2 is 1.74 bits per heavy atom. The van der Waals surface area contributed by atoms with E-state index in [0.717, 1.165) is 35.7 Å². The van der Waals surface area contributed by atoms with Crippen molar-refractivity contribution < 1.29 is 9.53 Å². The van der Waals surface area contributed by atoms with Crippen molar-refractivity contribution in [1.29, 1.82) is 0 Å². The van der Waals surface area contributed by atoms with Crippen LogP contribution in [0.3, 0.4) is 0 Å². The number of hydrogen-bond acceptors (Lipinski definition) is 2. The normalized spacial score (nSPS) is 20.4. The van der Waals surface area contributed by atoms with E-state index < -0.39 is 0 Å². The molecule has 0 amide bonds. The van der Waals surface area contributed by atoms with E-state index in [1.165, 1.54) is 5.56 Å². The molecule has 0 bridgehead atoms. The Morgan fingerprint density at radius 3 is 2.48 bits per heavy atom. The van der Waals surface area contributed by atoms with Crippen molar-refractivity contribution in [2.45, 2.75) is 32.3 Å². The molecule has 0 heterocycles. The Morgan fingerprint density at radius 1 is 1.00 bits per heavy atom. The first kappa shape index (κ1) is 16.3. The minimum Gasteiger partial charge on any atom is -0.461 e. The molecule has 0 spiro atoms. The van der Waals surface area contributed by atoms with Gasteiger partial charge in [0.15, 0.2) is 0 Å². The highest BCUT2D eigenvalue weighted by Gasteiger charge is 2.30. The van der Waals surface area contributed by atoms with E-state index in [1.54, 1.807) is 0 Å². The number of ether oxygens (including phenoxy) is 1. The highest BCUT2D eigenvalue weighted by molar-refractivity contribution is 9.10. The number of rotatable bonds is 5. The second kappa shape index (κ2) is 7.78. The van der Waals surface area contributed by atoms with E-state index >= 15 is 0 Å². The van der Waals surface area contributed by atoms with Gasteiger partial charge < -0.3 is 4.74 Å². The molecule has 1 saturated carbocycles. The fraction of sp³-hybridized carbons (Fsp3) is 0.350. The second-order valence-electron chi connectivity index (χ2n) is 6.30. The maximum atomic E-state index is 12.2. The second-order valence-corrected chi connectivity index (χ2v) is 7.22. The van der Waals surface area contributed by atoms with Crippen molar-refractivity contribution in [3.8, 4) is 0 Å². The largest absolute Gasteiger partial charge is 0.461 e. The molecular weight excluding hydrogens is 352 g/mol. The summed E-state index contributed by atoms with van der Waals surface area (Å²) in [5, 5.41) is 0. The Hall–Kier alpha value is -1.61. The molecule has 2 nitrogen and oxygen atoms in total. The lowest BCUT2D eigenvalue weighted by Gasteiger charge is -2.12. The first-order chi connectivity index (χ1) is 11.2. The predicted octanol–water partition coefficient (Wildman–Crippen LogP) is 5.15. The molecule has 0 N–H and O–H groups in total. The van der Waals surface area contributed by atoms with Gasteiger partial charge in [0.25, 0.3) is 0 Å². The van der Waals surface area contributed by atoms with E-state index in [-0.39, 0.29) is 11.9 Å². The maximum absolute atomic E-state index is 12.2. The first-order valence-corrected chi connectivity index (χ1v) is 8.95. The summed E-state index contributed by atoms with van der Waals surface area (Å²) in [5.41, 5.74) is 2.39. The Kier molecular flexibility index (Phi) is 5.50. The van der Waals surface area contributed by atoms with Crippen molar-refractivity contribution in [2.24, 2.45) is 11.8 Å². The van der Waals surface area contributed by atoms with Crippen LogP contribution in [0.1, 0.15) is 30.4 Å². The quantitative estimate of drug-likeness (QED) is 0.678. The average molecular weight is 373 g/mol. The summed E-state index contributed by atoms with van der Waals surface area (Å²) in [4.78, 5) is 12.2. The van der Waals surface area contributed by atoms with Gasteiger partial charge in [0, 0.05) is 4.47 Å². The summed E-state index contributed by atoms with van der Waals surface area (Å²) in [5.74, 6) is 0.622. The molecule has 120 valence electrons. The lowest BCUT2D eigenvalue weighted by molar-refractivity contribution is -0.149. The first-order valence-electron chi connectivity index (χ1n) is 8.15. The van der Waals surface area contributed by atoms with E-state index in [4.69, 9.17) is 4.74 Å². The molecular formula is C20H21BrO2. The number of hydrogen-bond donors (Lipinski definition) is 0. The van der Waals surface area contributed by atoms with Gasteiger partial charge in [-0.2, -0.15) is 0 Å². The zero-order chi connectivity index (χ0) is 16.1. The third-order valence-electron chi connectivity index (χ3n) is 4.54. The van der Waals surface area contributed by atoms with Crippen LogP contribution in [0, 0.1) is 11.8 Å². The van der Waals surface area contributed by atoms with E-state index in [9.17, 15) is 4.79 Å². The molecule has 0 radical (unpaired) electrons. The minimum absolute atomic E-state index is 0.0350. The zero-order valence-corrected chi connectivity index (χ0v) is 14.7. The van der Waals surface area contributed by atoms with E-state index in [1.807, 2.05) is 30.3 Å². The Balaban J connectivity index is 1.47. The lowest BCUT2D eigenvalue weighted by Crippen LogP contribution is -2.15. The van der Waals surface area contributed by atoms with Gasteiger partial charge in [-0.05, 0) is 54.9 Å². The Labute approximate surface area is 146 Å². The van der Waals surface area contributed by atoms with Gasteiger partial charge in [-0.1, -0.05) is 58.4 Å². The van der Waals surface area contributed by atoms with Crippen LogP contribution in [0.25, 0.3) is 0 Å². The molecule has 0 unspecified atom stereocenters. The zero-order valence-electron chi connectivity index (χ0n) is 13.1. The van der Waals surface area contributed by atoms with Crippen LogP contribution >= 0.6 is 15.9 Å². The van der Waals surface area contributed by atoms with Gasteiger partial charge in [-0.25, -0.2) is 0 Å². The van der Waals surface area contributed by atoms with Crippen molar-refractivity contribution in [2.75, 3.05) is 0 Å². The van der Waals surface area contributed by atoms with Gasteiger partial charge in [0.05, 0.1) is 5.92 Å². The van der Waals surface area contributed by atoms with Crippen LogP contribution in [0.5, 0.6) is 0 Å². The molecule has 0 aromatic heterocycles. The van der Waals surface area contributed by atoms with Gasteiger partial charge in [-0.3, -0.25) is 4.79 Å². The summed E-state index contributed by atoms with van der Waals surface area (Å²) < 4.78 is 6.59. The SMILES string of the molecule is O=C(OCc1ccccc1)[C@@H]1CC[C@@H](Cc2ccc(Br)cc2)C1. The third-order valence-corrected chi connectivity index (χ3v) is 5.06. The standard InChI is InChI=1S/C20H21BrO2/c21-19-10-7-15(8-11-19)12-17-6-9-18(13-17)20(22)23-14-16-4-2-1-3-5-16/h1-5,7-8,10-11,17-18H,6,9,12-14H2/t17-,18+/m0/s1. The summed E-state index contributed by atoms with van der Waals surface area (Å²) >= 11 is 3.46. The van der Waals surface area contributed by atoms with Gasteiger partial charge in [-0.15, -0.1) is 0 Å². The highest BCUT2D eigenvalue weighted by atomic mass is 79.9. The highest BCUT2D eigenvalue weighted by Crippen LogP contribution is 2.34. The van der Waals surface area contributed by atoms with Crippen molar-refractivity contribution in [1.82, 2.24) is 0 Å². The van der Waals surface area contributed by atoms with Crippen molar-refractivity contribution in [3.05, 3.63) is 70.2 Å². The monoisotopic (exact) mass is 372 g/mol. The lowest BCUT2D eigenvalue weighted by atomic mass is 9.97. The molecule has 2 aromatic carbocycles. The minimum atomic E-state index is -0.0350. The molecule has 3 heteroatoms. The Bertz CT molecular complexity index is 636. The van der Waals surface area contributed by atoms with Gasteiger partial charge in [0.1, 0.15) is 6.61 Å². The van der Waals surface area contributed by atoms with Crippen molar-refractivity contribution >= 4 is 21.9 Å². The van der Waals surface area contributed by atoms with Crippen LogP contribution in [-0.2, 0) is 22.6 Å². The number of carbonyl (C=O) groups excluding carboxylic acids is 1.